The molecule has 0 atom stereocenters. The van der Waals surface area contributed by atoms with E-state index in [2.05, 4.69) is 15.0 Å². The van der Waals surface area contributed by atoms with Crippen molar-refractivity contribution in [3.05, 3.63) is 18.3 Å². The van der Waals surface area contributed by atoms with Gasteiger partial charge in [0.2, 0.25) is 0 Å². The number of carbonyl (C=O) groups excluding carboxylic acids is 1. The number of pyridine rings is 1. The van der Waals surface area contributed by atoms with Crippen LogP contribution in [0, 0.1) is 0 Å². The Hall–Kier alpha value is -1.78. The zero-order chi connectivity index (χ0) is 8.97. The van der Waals surface area contributed by atoms with E-state index >= 15 is 0 Å². The topological polar surface area (TPSA) is 77.2 Å². The highest BCUT2D eigenvalue weighted by molar-refractivity contribution is 5.86. The first-order chi connectivity index (χ1) is 5.74. The van der Waals surface area contributed by atoms with Gasteiger partial charge in [0.05, 0.1) is 12.8 Å². The molecule has 64 valence electrons. The summed E-state index contributed by atoms with van der Waals surface area (Å²) in [7, 11) is 1.27. The van der Waals surface area contributed by atoms with Crippen LogP contribution >= 0.6 is 0 Å². The van der Waals surface area contributed by atoms with Gasteiger partial charge < -0.3 is 10.5 Å². The van der Waals surface area contributed by atoms with Gasteiger partial charge in [0.1, 0.15) is 0 Å². The minimum atomic E-state index is -0.583. The van der Waals surface area contributed by atoms with Crippen molar-refractivity contribution in [2.45, 2.75) is 0 Å². The van der Waals surface area contributed by atoms with Crippen LogP contribution in [0.3, 0.4) is 0 Å². The van der Waals surface area contributed by atoms with Gasteiger partial charge >= 0.3 is 6.09 Å². The van der Waals surface area contributed by atoms with E-state index in [4.69, 9.17) is 5.73 Å². The van der Waals surface area contributed by atoms with Crippen molar-refractivity contribution in [3.8, 4) is 0 Å². The van der Waals surface area contributed by atoms with Crippen LogP contribution in [0.2, 0.25) is 0 Å². The van der Waals surface area contributed by atoms with Gasteiger partial charge in [0, 0.05) is 6.20 Å². The van der Waals surface area contributed by atoms with Crippen molar-refractivity contribution in [2.24, 2.45) is 0 Å². The minimum Gasteiger partial charge on any atom is -0.453 e. The number of hydrogen-bond acceptors (Lipinski definition) is 4. The summed E-state index contributed by atoms with van der Waals surface area (Å²) < 4.78 is 4.36. The van der Waals surface area contributed by atoms with Crippen LogP contribution < -0.4 is 11.1 Å². The summed E-state index contributed by atoms with van der Waals surface area (Å²) in [5, 5.41) is 2.36. The number of nitrogen functional groups attached to an aromatic ring is 1. The number of nitrogens with two attached hydrogens (primary N) is 1. The lowest BCUT2D eigenvalue weighted by Crippen LogP contribution is -2.13. The molecule has 12 heavy (non-hydrogen) atoms. The van der Waals surface area contributed by atoms with Gasteiger partial charge in [-0.25, -0.2) is 9.78 Å². The van der Waals surface area contributed by atoms with Crippen LogP contribution in [0.5, 0.6) is 0 Å². The van der Waals surface area contributed by atoms with Crippen molar-refractivity contribution in [1.82, 2.24) is 4.98 Å². The Morgan fingerprint density at radius 1 is 1.75 bits per heavy atom. The molecule has 0 spiro atoms. The first-order valence-electron chi connectivity index (χ1n) is 3.29. The normalized spacial score (nSPS) is 9.08. The molecule has 0 saturated heterocycles. The van der Waals surface area contributed by atoms with Crippen molar-refractivity contribution < 1.29 is 9.53 Å². The molecule has 0 bridgehead atoms. The van der Waals surface area contributed by atoms with Gasteiger partial charge in [-0.3, -0.25) is 5.32 Å². The highest BCUT2D eigenvalue weighted by Gasteiger charge is 2.03. The second kappa shape index (κ2) is 3.56. The molecular weight excluding hydrogens is 158 g/mol. The average molecular weight is 167 g/mol. The number of ether oxygens (including phenoxy) is 1. The predicted molar refractivity (Wildman–Crippen MR) is 44.7 cm³/mol. The highest BCUT2D eigenvalue weighted by Crippen LogP contribution is 2.12. The number of nitrogens with zero attached hydrogens (tertiary/aromatic N) is 1. The fourth-order valence-electron chi connectivity index (χ4n) is 0.670. The summed E-state index contributed by atoms with van der Waals surface area (Å²) in [6, 6.07) is 3.32. The van der Waals surface area contributed by atoms with Gasteiger partial charge in [0.15, 0.2) is 5.82 Å². The lowest BCUT2D eigenvalue weighted by Gasteiger charge is -2.03. The zero-order valence-electron chi connectivity index (χ0n) is 6.57. The van der Waals surface area contributed by atoms with Crippen LogP contribution in [0.1, 0.15) is 0 Å². The first kappa shape index (κ1) is 8.32. The lowest BCUT2D eigenvalue weighted by molar-refractivity contribution is 0.187. The fraction of sp³-hybridized carbons (Fsp3) is 0.143. The Bertz CT molecular complexity index is 288. The van der Waals surface area contributed by atoms with Crippen molar-refractivity contribution in [3.63, 3.8) is 0 Å². The van der Waals surface area contributed by atoms with Crippen LogP contribution in [0.15, 0.2) is 18.3 Å². The van der Waals surface area contributed by atoms with Crippen LogP contribution in [0.25, 0.3) is 0 Å². The Morgan fingerprint density at radius 3 is 3.08 bits per heavy atom. The molecule has 0 aliphatic heterocycles. The Labute approximate surface area is 69.5 Å². The molecular formula is C7H9N3O2. The molecule has 0 aliphatic carbocycles. The smallest absolute Gasteiger partial charge is 0.412 e. The molecule has 1 heterocycles. The maximum atomic E-state index is 10.7. The number of nitrogens with one attached hydrogen (secondary N) is 1. The van der Waals surface area contributed by atoms with E-state index in [-0.39, 0.29) is 0 Å². The van der Waals surface area contributed by atoms with Crippen LogP contribution in [-0.2, 0) is 4.74 Å². The van der Waals surface area contributed by atoms with Gasteiger partial charge in [0.25, 0.3) is 0 Å². The van der Waals surface area contributed by atoms with E-state index < -0.39 is 6.09 Å². The Morgan fingerprint density at radius 2 is 2.50 bits per heavy atom. The molecule has 1 aromatic heterocycles. The van der Waals surface area contributed by atoms with E-state index in [1.165, 1.54) is 13.3 Å². The molecule has 0 radical (unpaired) electrons. The number of carbonyl (C=O) groups is 1. The maximum absolute atomic E-state index is 10.7. The molecule has 5 nitrogen and oxygen atoms in total. The minimum absolute atomic E-state index is 0.310. The molecule has 0 aliphatic rings. The Balaban J connectivity index is 2.75. The van der Waals surface area contributed by atoms with E-state index in [0.717, 1.165) is 0 Å². The second-order valence-corrected chi connectivity index (χ2v) is 2.06. The summed E-state index contributed by atoms with van der Waals surface area (Å²) in [6.07, 6.45) is 0.946. The summed E-state index contributed by atoms with van der Waals surface area (Å²) in [5.41, 5.74) is 5.90. The molecule has 1 aromatic rings. The highest BCUT2D eigenvalue weighted by atomic mass is 16.5. The third kappa shape index (κ3) is 1.85. The molecule has 0 unspecified atom stereocenters. The average Bonchev–Trinajstić information content (AvgIpc) is 2.09. The quantitative estimate of drug-likeness (QED) is 0.649. The predicted octanol–water partition coefficient (Wildman–Crippen LogP) is 0.842. The summed E-state index contributed by atoms with van der Waals surface area (Å²) in [6.45, 7) is 0. The molecule has 0 aromatic carbocycles. The number of anilines is 2. The largest absolute Gasteiger partial charge is 0.453 e. The van der Waals surface area contributed by atoms with Gasteiger partial charge in [-0.05, 0) is 12.1 Å². The van der Waals surface area contributed by atoms with Crippen molar-refractivity contribution >= 4 is 17.6 Å². The molecule has 0 saturated carbocycles. The number of amides is 1. The fourth-order valence-corrected chi connectivity index (χ4v) is 0.670. The van der Waals surface area contributed by atoms with Crippen molar-refractivity contribution in [2.75, 3.05) is 18.2 Å². The SMILES string of the molecule is COC(=O)Nc1ncccc1N. The first-order valence-corrected chi connectivity index (χ1v) is 3.29. The van der Waals surface area contributed by atoms with E-state index in [0.29, 0.717) is 11.5 Å². The summed E-state index contributed by atoms with van der Waals surface area (Å²) in [5.74, 6) is 0.310. The van der Waals surface area contributed by atoms with E-state index in [1.807, 2.05) is 0 Å². The third-order valence-electron chi connectivity index (χ3n) is 1.24. The molecule has 1 rings (SSSR count). The molecule has 3 N–H and O–H groups in total. The monoisotopic (exact) mass is 167 g/mol. The second-order valence-electron chi connectivity index (χ2n) is 2.06. The van der Waals surface area contributed by atoms with Gasteiger partial charge in [-0.1, -0.05) is 0 Å². The molecule has 1 amide bonds. The summed E-state index contributed by atoms with van der Waals surface area (Å²) in [4.78, 5) is 14.5. The van der Waals surface area contributed by atoms with Gasteiger partial charge in [-0.15, -0.1) is 0 Å². The van der Waals surface area contributed by atoms with Crippen molar-refractivity contribution in [1.29, 1.82) is 0 Å². The number of methoxy groups -OCH3 is 1. The zero-order valence-corrected chi connectivity index (χ0v) is 6.57. The van der Waals surface area contributed by atoms with Crippen LogP contribution in [-0.4, -0.2) is 18.2 Å². The van der Waals surface area contributed by atoms with E-state index in [1.54, 1.807) is 12.1 Å². The van der Waals surface area contributed by atoms with Gasteiger partial charge in [-0.2, -0.15) is 0 Å². The summed E-state index contributed by atoms with van der Waals surface area (Å²) >= 11 is 0. The maximum Gasteiger partial charge on any atom is 0.412 e. The molecule has 0 fully saturated rings. The third-order valence-corrected chi connectivity index (χ3v) is 1.24. The standard InChI is InChI=1S/C7H9N3O2/c1-12-7(11)10-6-5(8)3-2-4-9-6/h2-4H,8H2,1H3,(H,9,10,11). The Kier molecular flexibility index (Phi) is 2.47. The van der Waals surface area contributed by atoms with E-state index in [9.17, 15) is 4.79 Å². The molecule has 5 heteroatoms. The van der Waals surface area contributed by atoms with Crippen LogP contribution in [0.4, 0.5) is 16.3 Å². The number of aromatic nitrogens is 1. The number of rotatable bonds is 1. The number of hydrogen-bond donors (Lipinski definition) is 2. The lowest BCUT2D eigenvalue weighted by atomic mass is 10.4.